The van der Waals surface area contributed by atoms with Crippen LogP contribution < -0.4 is 0 Å². The van der Waals surface area contributed by atoms with Gasteiger partial charge in [-0.15, -0.1) is 0 Å². The van der Waals surface area contributed by atoms with Gasteiger partial charge >= 0.3 is 0 Å². The Balaban J connectivity index is 1.41. The highest BCUT2D eigenvalue weighted by Gasteiger charge is 2.79. The largest absolute Gasteiger partial charge is 0.390 e. The van der Waals surface area contributed by atoms with Gasteiger partial charge in [-0.1, -0.05) is 19.1 Å². The first kappa shape index (κ1) is 25.0. The van der Waals surface area contributed by atoms with Gasteiger partial charge < -0.3 is 10.2 Å². The lowest BCUT2D eigenvalue weighted by Gasteiger charge is -2.63. The molecule has 37 heavy (non-hydrogen) atoms. The molecule has 0 aromatic carbocycles. The first-order valence-electron chi connectivity index (χ1n) is 12.9. The van der Waals surface area contributed by atoms with Crippen molar-refractivity contribution in [3.63, 3.8) is 0 Å². The number of rotatable bonds is 4. The molecular formula is C28H32F2N2O5. The van der Waals surface area contributed by atoms with Gasteiger partial charge in [-0.2, -0.15) is 5.06 Å². The highest BCUT2D eigenvalue weighted by Crippen LogP contribution is 2.72. The number of Topliss-reactive ketones (excluding diaryl/α,β-unsaturated/α-hetero) is 1. The minimum atomic E-state index is -2.22. The fourth-order valence-electron chi connectivity index (χ4n) is 8.73. The quantitative estimate of drug-likeness (QED) is 0.637. The number of fused-ring (bicyclic) bond motifs is 7. The second-order valence-corrected chi connectivity index (χ2v) is 11.9. The van der Waals surface area contributed by atoms with Crippen LogP contribution in [0, 0.1) is 28.6 Å². The molecule has 2 heterocycles. The van der Waals surface area contributed by atoms with Crippen LogP contribution in [0.5, 0.6) is 0 Å². The van der Waals surface area contributed by atoms with Crippen LogP contribution in [0.15, 0.2) is 48.3 Å². The third-order valence-corrected chi connectivity index (χ3v) is 10.3. The van der Waals surface area contributed by atoms with Crippen molar-refractivity contribution in [2.75, 3.05) is 13.2 Å². The summed E-state index contributed by atoms with van der Waals surface area (Å²) < 4.78 is 33.0. The van der Waals surface area contributed by atoms with E-state index in [2.05, 4.69) is 4.98 Å². The average molecular weight is 515 g/mol. The Kier molecular flexibility index (Phi) is 5.46. The number of nitrogens with zero attached hydrogens (tertiary/aromatic N) is 2. The van der Waals surface area contributed by atoms with Gasteiger partial charge in [0, 0.05) is 41.6 Å². The molecule has 1 aliphatic heterocycles. The summed E-state index contributed by atoms with van der Waals surface area (Å²) in [5.74, 6) is -2.63. The smallest absolute Gasteiger partial charge is 0.192 e. The van der Waals surface area contributed by atoms with Gasteiger partial charge in [0.05, 0.1) is 12.6 Å². The monoisotopic (exact) mass is 514 g/mol. The van der Waals surface area contributed by atoms with E-state index in [-0.39, 0.29) is 24.3 Å². The summed E-state index contributed by atoms with van der Waals surface area (Å²) in [4.78, 5) is 36.1. The predicted octanol–water partition coefficient (Wildman–Crippen LogP) is 2.67. The van der Waals surface area contributed by atoms with E-state index in [1.54, 1.807) is 24.4 Å². The summed E-state index contributed by atoms with van der Waals surface area (Å²) in [6, 6.07) is 3.71. The molecule has 3 saturated carbocycles. The Bertz CT molecular complexity index is 1210. The molecule has 198 valence electrons. The van der Waals surface area contributed by atoms with Crippen molar-refractivity contribution in [2.24, 2.45) is 28.6 Å². The number of hydrogen-bond donors (Lipinski definition) is 2. The molecule has 1 saturated heterocycles. The number of hydroxylamine groups is 2. The van der Waals surface area contributed by atoms with E-state index in [0.717, 1.165) is 5.56 Å². The lowest BCUT2D eigenvalue weighted by molar-refractivity contribution is -0.269. The van der Waals surface area contributed by atoms with Crippen molar-refractivity contribution in [1.82, 2.24) is 10.0 Å². The first-order valence-corrected chi connectivity index (χ1v) is 12.9. The Hall–Kier alpha value is -2.33. The van der Waals surface area contributed by atoms with E-state index in [0.29, 0.717) is 19.5 Å². The van der Waals surface area contributed by atoms with Gasteiger partial charge in [0.1, 0.15) is 12.8 Å². The van der Waals surface area contributed by atoms with Gasteiger partial charge in [-0.3, -0.25) is 19.4 Å². The van der Waals surface area contributed by atoms with Crippen molar-refractivity contribution in [3.8, 4) is 0 Å². The number of pyridine rings is 1. The van der Waals surface area contributed by atoms with Crippen LogP contribution in [-0.2, 0) is 21.0 Å². The minimum absolute atomic E-state index is 0.0691. The number of aliphatic hydroxyl groups excluding tert-OH is 2. The number of hydrogen-bond acceptors (Lipinski definition) is 7. The van der Waals surface area contributed by atoms with E-state index >= 15 is 8.78 Å². The molecule has 9 atom stereocenters. The zero-order chi connectivity index (χ0) is 26.4. The molecule has 7 nitrogen and oxygen atoms in total. The second kappa shape index (κ2) is 8.09. The number of aromatic nitrogens is 1. The number of alkyl halides is 2. The molecule has 5 aliphatic rings. The number of halogens is 2. The van der Waals surface area contributed by atoms with Gasteiger partial charge in [0.2, 0.25) is 0 Å². The number of ketones is 2. The number of carbonyl (C=O) groups excluding carboxylic acids is 2. The van der Waals surface area contributed by atoms with Crippen molar-refractivity contribution >= 4 is 11.6 Å². The zero-order valence-corrected chi connectivity index (χ0v) is 20.9. The molecule has 1 aromatic rings. The summed E-state index contributed by atoms with van der Waals surface area (Å²) in [7, 11) is 0. The average Bonchev–Trinajstić information content (AvgIpc) is 3.34. The molecular weight excluding hydrogens is 482 g/mol. The van der Waals surface area contributed by atoms with Gasteiger partial charge in [0.15, 0.2) is 22.8 Å². The maximum absolute atomic E-state index is 17.4. The molecule has 0 bridgehead atoms. The van der Waals surface area contributed by atoms with Crippen molar-refractivity contribution in [2.45, 2.75) is 63.2 Å². The van der Waals surface area contributed by atoms with E-state index in [9.17, 15) is 19.8 Å². The Labute approximate surface area is 214 Å². The third-order valence-electron chi connectivity index (χ3n) is 10.3. The first-order chi connectivity index (χ1) is 17.5. The molecule has 1 unspecified atom stereocenters. The summed E-state index contributed by atoms with van der Waals surface area (Å²) in [5.41, 5.74) is -5.24. The predicted molar refractivity (Wildman–Crippen MR) is 128 cm³/mol. The summed E-state index contributed by atoms with van der Waals surface area (Å²) in [5, 5.41) is 23.2. The van der Waals surface area contributed by atoms with Crippen LogP contribution in [0.1, 0.15) is 38.7 Å². The summed E-state index contributed by atoms with van der Waals surface area (Å²) >= 11 is 0. The normalized spacial score (nSPS) is 46.6. The maximum atomic E-state index is 17.4. The fourth-order valence-corrected chi connectivity index (χ4v) is 8.73. The van der Waals surface area contributed by atoms with Gasteiger partial charge in [-0.25, -0.2) is 8.78 Å². The SMILES string of the molecule is C[C@]12C=CC(=O)C=C1[C@@H](F)C[C@H]1C3C[C@H]4CN(Cc5cccnc5)O[C@@]4(C(=O)CO)[C@@]3(C)C[C@H](O)[C@@]12F. The van der Waals surface area contributed by atoms with Crippen LogP contribution in [0.25, 0.3) is 0 Å². The van der Waals surface area contributed by atoms with Crippen molar-refractivity contribution < 1.29 is 33.4 Å². The molecule has 0 spiro atoms. The lowest BCUT2D eigenvalue weighted by Crippen LogP contribution is -2.70. The molecule has 1 aromatic heterocycles. The van der Waals surface area contributed by atoms with E-state index in [4.69, 9.17) is 4.84 Å². The maximum Gasteiger partial charge on any atom is 0.192 e. The topological polar surface area (TPSA) is 100.0 Å². The molecule has 6 rings (SSSR count). The minimum Gasteiger partial charge on any atom is -0.390 e. The van der Waals surface area contributed by atoms with Crippen molar-refractivity contribution in [1.29, 1.82) is 0 Å². The molecule has 0 amide bonds. The van der Waals surface area contributed by atoms with E-state index in [1.165, 1.54) is 18.2 Å². The van der Waals surface area contributed by atoms with Crippen LogP contribution in [0.4, 0.5) is 8.78 Å². The summed E-state index contributed by atoms with van der Waals surface area (Å²) in [6.07, 6.45) is 4.25. The van der Waals surface area contributed by atoms with E-state index < -0.39 is 64.4 Å². The zero-order valence-electron chi connectivity index (χ0n) is 20.9. The molecule has 4 aliphatic carbocycles. The Morgan fingerprint density at radius 3 is 2.78 bits per heavy atom. The Morgan fingerprint density at radius 1 is 1.30 bits per heavy atom. The van der Waals surface area contributed by atoms with Gasteiger partial charge in [0.25, 0.3) is 0 Å². The second-order valence-electron chi connectivity index (χ2n) is 11.9. The number of allylic oxidation sites excluding steroid dienone is 4. The number of aliphatic hydroxyl groups is 2. The number of carbonyl (C=O) groups is 2. The van der Waals surface area contributed by atoms with Crippen LogP contribution in [-0.4, -0.2) is 68.5 Å². The Morgan fingerprint density at radius 2 is 2.08 bits per heavy atom. The molecule has 9 heteroatoms. The van der Waals surface area contributed by atoms with E-state index in [1.807, 2.05) is 19.1 Å². The molecule has 0 radical (unpaired) electrons. The van der Waals surface area contributed by atoms with Crippen molar-refractivity contribution in [3.05, 3.63) is 53.9 Å². The highest BCUT2D eigenvalue weighted by molar-refractivity contribution is 6.01. The third kappa shape index (κ3) is 3.02. The van der Waals surface area contributed by atoms with Crippen LogP contribution in [0.2, 0.25) is 0 Å². The van der Waals surface area contributed by atoms with Crippen LogP contribution >= 0.6 is 0 Å². The fraction of sp³-hybridized carbons (Fsp3) is 0.607. The highest BCUT2D eigenvalue weighted by atomic mass is 19.1. The molecule has 2 N–H and O–H groups in total. The van der Waals surface area contributed by atoms with Crippen LogP contribution in [0.3, 0.4) is 0 Å². The van der Waals surface area contributed by atoms with Gasteiger partial charge in [-0.05, 0) is 61.5 Å². The lowest BCUT2D eigenvalue weighted by atomic mass is 9.44. The molecule has 4 fully saturated rings. The standard InChI is InChI=1S/C28H32F2N2O5/c1-25-6-5-18(34)9-21(25)22(29)10-20-19-8-17-14-32(13-16-4-3-7-31-12-16)37-28(17,24(36)15-33)26(19,2)11-23(35)27(20,25)30/h3-7,9,12,17,19-20,22-23,33,35H,8,10-11,13-15H2,1-2H3/t17-,19?,20-,22-,23-,25-,26-,27-,28-/m0/s1. The summed E-state index contributed by atoms with van der Waals surface area (Å²) in [6.45, 7) is 3.39.